The first-order valence-corrected chi connectivity index (χ1v) is 28.1. The lowest BCUT2D eigenvalue weighted by Crippen LogP contribution is -2.16. The highest BCUT2D eigenvalue weighted by atomic mass is 35.5. The molecule has 0 bridgehead atoms. The number of halogens is 4. The van der Waals surface area contributed by atoms with E-state index in [1.165, 1.54) is 0 Å². The first-order chi connectivity index (χ1) is 36.9. The predicted octanol–water partition coefficient (Wildman–Crippen LogP) is 6.34. The zero-order valence-corrected chi connectivity index (χ0v) is 44.4. The predicted molar refractivity (Wildman–Crippen MR) is 272 cm³/mol. The maximum Gasteiger partial charge on any atom is 0.325 e. The molecule has 1 aliphatic heterocycles. The number of anilines is 1. The zero-order valence-electron chi connectivity index (χ0n) is 41.9. The molecule has 3 aromatic heterocycles. The Morgan fingerprint density at radius 1 is 0.829 bits per heavy atom. The Morgan fingerprint density at radius 2 is 1.45 bits per heavy atom. The van der Waals surface area contributed by atoms with E-state index in [1.54, 1.807) is 33.5 Å². The van der Waals surface area contributed by atoms with Crippen LogP contribution in [0.3, 0.4) is 0 Å². The maximum atomic E-state index is 13.6. The van der Waals surface area contributed by atoms with Crippen LogP contribution in [0.5, 0.6) is 5.75 Å². The molecule has 5 aromatic rings. The van der Waals surface area contributed by atoms with E-state index >= 15 is 0 Å². The van der Waals surface area contributed by atoms with Crippen LogP contribution in [-0.4, -0.2) is 173 Å². The van der Waals surface area contributed by atoms with Crippen molar-refractivity contribution >= 4 is 53.8 Å². The van der Waals surface area contributed by atoms with Gasteiger partial charge in [-0.05, 0) is 42.8 Å². The minimum Gasteiger partial charge on any atom is -0.420 e. The van der Waals surface area contributed by atoms with E-state index in [0.717, 1.165) is 23.5 Å². The van der Waals surface area contributed by atoms with Gasteiger partial charge < -0.3 is 62.5 Å². The fraction of sp³-hybridized carbons (Fsp3) is 0.583. The molecule has 6 rings (SSSR count). The molecule has 1 aliphatic rings. The van der Waals surface area contributed by atoms with Crippen molar-refractivity contribution in [2.24, 2.45) is 0 Å². The van der Waals surface area contributed by atoms with Gasteiger partial charge in [-0.2, -0.15) is 26.8 Å². The van der Waals surface area contributed by atoms with Gasteiger partial charge in [-0.3, -0.25) is 9.36 Å². The number of aromatic nitrogens is 7. The van der Waals surface area contributed by atoms with Gasteiger partial charge in [-0.25, -0.2) is 22.5 Å². The molecule has 0 amide bonds. The number of nitrogens with one attached hydrogen (secondary N) is 1. The number of carbonyl (C=O) groups is 1. The van der Waals surface area contributed by atoms with E-state index in [4.69, 9.17) is 54.2 Å². The third-order valence-corrected chi connectivity index (χ3v) is 13.2. The second kappa shape index (κ2) is 33.8. The molecule has 2 aromatic carbocycles. The van der Waals surface area contributed by atoms with E-state index in [9.17, 15) is 32.3 Å². The molecule has 28 heteroatoms. The lowest BCUT2D eigenvalue weighted by molar-refractivity contribution is -0.136. The van der Waals surface area contributed by atoms with Gasteiger partial charge >= 0.3 is 13.6 Å². The first-order valence-electron chi connectivity index (χ1n) is 24.8. The Bertz CT molecular complexity index is 2500. The Kier molecular flexibility index (Phi) is 27.1. The maximum absolute atomic E-state index is 13.6. The highest BCUT2D eigenvalue weighted by Crippen LogP contribution is 2.38. The molecular weight excluding hydrogens is 1070 g/mol. The molecule has 0 spiro atoms. The van der Waals surface area contributed by atoms with Crippen molar-refractivity contribution in [3.05, 3.63) is 88.9 Å². The number of thioether (sulfide) groups is 1. The van der Waals surface area contributed by atoms with Crippen LogP contribution in [0.25, 0.3) is 11.0 Å². The Labute approximate surface area is 447 Å². The lowest BCUT2D eigenvalue weighted by atomic mass is 10.1. The van der Waals surface area contributed by atoms with E-state index in [0.29, 0.717) is 146 Å². The number of nitrogens with zero attached hydrogens (tertiary/aromatic N) is 7. The summed E-state index contributed by atoms with van der Waals surface area (Å²) in [5, 5.41) is 17.1. The smallest absolute Gasteiger partial charge is 0.325 e. The number of esters is 1. The highest BCUT2D eigenvalue weighted by Gasteiger charge is 2.30. The van der Waals surface area contributed by atoms with Crippen molar-refractivity contribution in [2.45, 2.75) is 63.6 Å². The van der Waals surface area contributed by atoms with Crippen LogP contribution >= 0.6 is 31.0 Å². The van der Waals surface area contributed by atoms with Crippen LogP contribution in [-0.2, 0) is 65.1 Å². The molecule has 3 unspecified atom stereocenters. The van der Waals surface area contributed by atoms with E-state index in [2.05, 4.69) is 47.6 Å². The number of hydrogen-bond donors (Lipinski definition) is 3. The monoisotopic (exact) mass is 1130 g/mol. The fourth-order valence-electron chi connectivity index (χ4n) is 7.43. The molecule has 1 fully saturated rings. The zero-order chi connectivity index (χ0) is 53.8. The lowest BCUT2D eigenvalue weighted by Gasteiger charge is -2.20. The van der Waals surface area contributed by atoms with Crippen LogP contribution < -0.4 is 10.1 Å². The largest absolute Gasteiger partial charge is 0.420 e. The van der Waals surface area contributed by atoms with Gasteiger partial charge in [0, 0.05) is 29.8 Å². The molecule has 1 saturated heterocycles. The minimum atomic E-state index is -4.05. The molecule has 3 atom stereocenters. The summed E-state index contributed by atoms with van der Waals surface area (Å²) in [6.07, 6.45) is 4.91. The van der Waals surface area contributed by atoms with Gasteiger partial charge in [0.15, 0.2) is 23.5 Å². The van der Waals surface area contributed by atoms with Gasteiger partial charge in [0.1, 0.15) is 17.3 Å². The van der Waals surface area contributed by atoms with Crippen LogP contribution in [0.15, 0.2) is 54.9 Å². The van der Waals surface area contributed by atoms with E-state index in [1.807, 2.05) is 18.2 Å². The fourth-order valence-corrected chi connectivity index (χ4v) is 9.10. The van der Waals surface area contributed by atoms with Gasteiger partial charge in [-0.1, -0.05) is 35.5 Å². The van der Waals surface area contributed by atoms with E-state index in [-0.39, 0.29) is 56.1 Å². The molecule has 22 nitrogen and oxygen atoms in total. The summed E-state index contributed by atoms with van der Waals surface area (Å²) in [6, 6.07) is 10.8. The summed E-state index contributed by atoms with van der Waals surface area (Å²) in [4.78, 5) is 39.2. The van der Waals surface area contributed by atoms with Crippen LogP contribution in [0.2, 0.25) is 5.28 Å². The molecule has 4 heterocycles. The van der Waals surface area contributed by atoms with Crippen molar-refractivity contribution in [3.63, 3.8) is 0 Å². The third-order valence-electron chi connectivity index (χ3n) is 11.1. The average Bonchev–Trinajstić information content (AvgIpc) is 4.17. The second-order valence-electron chi connectivity index (χ2n) is 16.9. The number of carbonyl (C=O) groups excluding carboxylic acids is 1. The molecule has 76 heavy (non-hydrogen) atoms. The second-order valence-corrected chi connectivity index (χ2v) is 20.2. The van der Waals surface area contributed by atoms with Crippen LogP contribution in [0.1, 0.15) is 55.6 Å². The Hall–Kier alpha value is -4.38. The summed E-state index contributed by atoms with van der Waals surface area (Å²) in [7, 11) is -4.05. The first kappa shape index (κ1) is 60.8. The highest BCUT2D eigenvalue weighted by molar-refractivity contribution is 7.99. The molecule has 420 valence electrons. The topological polar surface area (TPSA) is 253 Å². The van der Waals surface area contributed by atoms with Crippen molar-refractivity contribution in [2.75, 3.05) is 122 Å². The summed E-state index contributed by atoms with van der Waals surface area (Å²) in [5.74, 6) is -3.58. The molecule has 0 aliphatic carbocycles. The average molecular weight is 1130 g/mol. The summed E-state index contributed by atoms with van der Waals surface area (Å²) < 4.78 is 110. The molecule has 0 radical (unpaired) electrons. The number of rotatable bonds is 40. The Balaban J connectivity index is 0.714. The molecular formula is C48H65ClF3N8O14PS. The minimum absolute atomic E-state index is 0.0523. The van der Waals surface area contributed by atoms with Crippen molar-refractivity contribution in [1.29, 1.82) is 0 Å². The van der Waals surface area contributed by atoms with Crippen molar-refractivity contribution < 1.29 is 79.7 Å². The van der Waals surface area contributed by atoms with Gasteiger partial charge in [-0.15, -0.1) is 5.10 Å². The number of ether oxygens (including phenoxy) is 10. The van der Waals surface area contributed by atoms with Crippen LogP contribution in [0.4, 0.5) is 19.0 Å². The van der Waals surface area contributed by atoms with Gasteiger partial charge in [0.2, 0.25) is 11.0 Å². The summed E-state index contributed by atoms with van der Waals surface area (Å²) in [5.41, 5.74) is 2.30. The number of hydrogen-bond acceptors (Lipinski definition) is 19. The summed E-state index contributed by atoms with van der Waals surface area (Å²) in [6.45, 7) is 6.08. The third kappa shape index (κ3) is 22.5. The standard InChI is InChI=1S/C48H65ClF3N8O14PS/c49-48-55-46(39-31-53-60(47(39)56-48)43-9-8-38(73-43)7-4-27-75(62,63)64)54-42(35-5-2-1-3-6-35)34-76-28-26-71-23-22-69-20-21-70-24-25-72-33-37-32-59(58-57-37)11-13-66-15-17-68-19-18-67-16-14-65-12-10-44(61)74-45-40(51)29-36(50)30-41(45)52/h1-3,5-6,29-32,38,42-43H,4,7-28,33-34H2,(H,54,55,56)(H2,62,63,64). The van der Waals surface area contributed by atoms with Crippen molar-refractivity contribution in [3.8, 4) is 5.75 Å². The quantitative estimate of drug-likeness (QED) is 0.0127. The summed E-state index contributed by atoms with van der Waals surface area (Å²) >= 11 is 8.19. The molecule has 3 N–H and O–H groups in total. The van der Waals surface area contributed by atoms with Gasteiger partial charge in [0.05, 0.1) is 149 Å². The normalized spacial score (nSPS) is 15.2. The van der Waals surface area contributed by atoms with Crippen LogP contribution in [0, 0.1) is 17.5 Å². The van der Waals surface area contributed by atoms with E-state index < -0.39 is 36.8 Å². The number of benzene rings is 2. The SMILES string of the molecule is O=C(CCOCCOCCOCCOCCn1cc(COCCOCCOCCOCCSCC(Nc2nc(Cl)nc3c2cnn3C2CCC(CCCP(=O)(O)O)O2)c2ccccc2)nn1)Oc1c(F)cc(F)cc1F. The Morgan fingerprint density at radius 3 is 2.11 bits per heavy atom. The van der Waals surface area contributed by atoms with Gasteiger partial charge in [0.25, 0.3) is 0 Å². The molecule has 0 saturated carbocycles. The number of fused-ring (bicyclic) bond motifs is 1. The van der Waals surface area contributed by atoms with Crippen molar-refractivity contribution in [1.82, 2.24) is 34.7 Å².